The highest BCUT2D eigenvalue weighted by molar-refractivity contribution is 7.99. The van der Waals surface area contributed by atoms with Gasteiger partial charge in [-0.15, -0.1) is 11.3 Å². The third kappa shape index (κ3) is 4.68. The van der Waals surface area contributed by atoms with Gasteiger partial charge in [0.2, 0.25) is 0 Å². The van der Waals surface area contributed by atoms with E-state index in [9.17, 15) is 9.59 Å². The molecule has 0 fully saturated rings. The highest BCUT2D eigenvalue weighted by Crippen LogP contribution is 2.47. The third-order valence-corrected chi connectivity index (χ3v) is 8.03. The molecular formula is C25H26ClNO3S2. The Bertz CT molecular complexity index is 1070. The first kappa shape index (κ1) is 23.1. The van der Waals surface area contributed by atoms with Crippen LogP contribution in [0.3, 0.4) is 0 Å². The third-order valence-electron chi connectivity index (χ3n) is 5.89. The summed E-state index contributed by atoms with van der Waals surface area (Å²) < 4.78 is 5.60. The number of allylic oxidation sites excluding steroid dienone is 3. The lowest BCUT2D eigenvalue weighted by Crippen LogP contribution is -2.36. The van der Waals surface area contributed by atoms with Crippen LogP contribution in [0.1, 0.15) is 49.0 Å². The van der Waals surface area contributed by atoms with Gasteiger partial charge in [-0.2, -0.15) is 11.8 Å². The normalized spacial score (nSPS) is 20.8. The number of carbonyl (C=O) groups excluding carboxylic acids is 2. The Hall–Kier alpha value is -2.02. The summed E-state index contributed by atoms with van der Waals surface area (Å²) in [6, 6.07) is 11.7. The lowest BCUT2D eigenvalue weighted by atomic mass is 9.73. The lowest BCUT2D eigenvalue weighted by Gasteiger charge is -2.36. The summed E-state index contributed by atoms with van der Waals surface area (Å²) in [5, 5.41) is 6.05. The van der Waals surface area contributed by atoms with Gasteiger partial charge in [-0.1, -0.05) is 42.8 Å². The number of Topliss-reactive ketones (excluding diaryl/α,β-unsaturated/α-hetero) is 1. The number of dihydropyridines is 1. The summed E-state index contributed by atoms with van der Waals surface area (Å²) in [6.45, 7) is 4.33. The van der Waals surface area contributed by atoms with Gasteiger partial charge in [0.1, 0.15) is 6.61 Å². The molecule has 0 amide bonds. The number of benzene rings is 1. The van der Waals surface area contributed by atoms with Crippen molar-refractivity contribution in [2.24, 2.45) is 0 Å². The van der Waals surface area contributed by atoms with E-state index in [2.05, 4.69) is 12.2 Å². The van der Waals surface area contributed by atoms with Gasteiger partial charge in [0.15, 0.2) is 5.78 Å². The van der Waals surface area contributed by atoms with Crippen molar-refractivity contribution < 1.29 is 14.3 Å². The van der Waals surface area contributed by atoms with Crippen LogP contribution in [0.25, 0.3) is 0 Å². The average Bonchev–Trinajstić information content (AvgIpc) is 3.30. The fourth-order valence-corrected chi connectivity index (χ4v) is 6.11. The number of esters is 1. The van der Waals surface area contributed by atoms with Gasteiger partial charge in [-0.05, 0) is 48.1 Å². The van der Waals surface area contributed by atoms with E-state index in [0.717, 1.165) is 33.3 Å². The second-order valence-corrected chi connectivity index (χ2v) is 10.7. The molecule has 2 aliphatic rings. The van der Waals surface area contributed by atoms with Crippen LogP contribution in [-0.2, 0) is 14.3 Å². The Morgan fingerprint density at radius 3 is 2.78 bits per heavy atom. The van der Waals surface area contributed by atoms with Crippen LogP contribution in [0.4, 0.5) is 0 Å². The number of carbonyl (C=O) groups is 2. The maximum absolute atomic E-state index is 13.5. The molecule has 0 unspecified atom stereocenters. The molecule has 168 valence electrons. The van der Waals surface area contributed by atoms with Gasteiger partial charge in [0.05, 0.1) is 11.5 Å². The van der Waals surface area contributed by atoms with E-state index >= 15 is 0 Å². The van der Waals surface area contributed by atoms with Gasteiger partial charge >= 0.3 is 5.97 Å². The molecule has 2 aromatic rings. The average molecular weight is 488 g/mol. The minimum absolute atomic E-state index is 0.0128. The minimum atomic E-state index is -0.391. The molecule has 0 bridgehead atoms. The van der Waals surface area contributed by atoms with Gasteiger partial charge < -0.3 is 10.1 Å². The number of ether oxygens (including phenoxy) is 1. The summed E-state index contributed by atoms with van der Waals surface area (Å²) in [6.07, 6.45) is 1.06. The van der Waals surface area contributed by atoms with Crippen LogP contribution in [0, 0.1) is 0 Å². The molecule has 1 aliphatic heterocycles. The van der Waals surface area contributed by atoms with Gasteiger partial charge in [0, 0.05) is 39.0 Å². The molecule has 2 heterocycles. The zero-order valence-electron chi connectivity index (χ0n) is 18.2. The summed E-state index contributed by atoms with van der Waals surface area (Å²) >= 11 is 9.73. The molecule has 1 aromatic carbocycles. The summed E-state index contributed by atoms with van der Waals surface area (Å²) in [5.41, 5.74) is 3.86. The van der Waals surface area contributed by atoms with Gasteiger partial charge in [-0.25, -0.2) is 4.79 Å². The van der Waals surface area contributed by atoms with E-state index in [1.165, 1.54) is 0 Å². The van der Waals surface area contributed by atoms with Crippen LogP contribution in [0.2, 0.25) is 5.02 Å². The topological polar surface area (TPSA) is 55.4 Å². The SMILES string of the molecule is CCSCCOC(=O)C1=C(C)NC2=C(C(=O)C[C@@H](c3ccccc3Cl)C2)[C@@H]1c1cccs1. The highest BCUT2D eigenvalue weighted by Gasteiger charge is 2.42. The number of thioether (sulfide) groups is 1. The zero-order valence-corrected chi connectivity index (χ0v) is 20.5. The second-order valence-electron chi connectivity index (χ2n) is 7.89. The molecule has 0 saturated heterocycles. The Balaban J connectivity index is 1.68. The van der Waals surface area contributed by atoms with E-state index in [-0.39, 0.29) is 17.7 Å². The standard InChI is InChI=1S/C25H26ClNO3S2/c1-3-31-12-10-30-25(29)22-15(2)27-19-13-16(17-7-4-5-8-18(17)26)14-20(28)23(19)24(22)21-9-6-11-32-21/h4-9,11,16,24,27H,3,10,12-14H2,1-2H3/t16-,24+/m0/s1. The van der Waals surface area contributed by atoms with Crippen molar-refractivity contribution >= 4 is 46.5 Å². The fraction of sp³-hybridized carbons (Fsp3) is 0.360. The summed E-state index contributed by atoms with van der Waals surface area (Å²) in [7, 11) is 0. The maximum Gasteiger partial charge on any atom is 0.336 e. The molecule has 4 nitrogen and oxygen atoms in total. The van der Waals surface area contributed by atoms with Crippen LogP contribution in [0.5, 0.6) is 0 Å². The fourth-order valence-electron chi connectivity index (χ4n) is 4.49. The molecule has 2 atom stereocenters. The van der Waals surface area contributed by atoms with E-state index in [0.29, 0.717) is 35.6 Å². The molecule has 1 aliphatic carbocycles. The quantitative estimate of drug-likeness (QED) is 0.380. The largest absolute Gasteiger partial charge is 0.461 e. The molecule has 4 rings (SSSR count). The van der Waals surface area contributed by atoms with Crippen LogP contribution >= 0.6 is 34.7 Å². The number of hydrogen-bond acceptors (Lipinski definition) is 6. The lowest BCUT2D eigenvalue weighted by molar-refractivity contribution is -0.138. The first-order chi connectivity index (χ1) is 15.5. The first-order valence-corrected chi connectivity index (χ1v) is 13.2. The molecule has 32 heavy (non-hydrogen) atoms. The molecule has 0 radical (unpaired) electrons. The molecule has 0 spiro atoms. The Morgan fingerprint density at radius 2 is 2.06 bits per heavy atom. The molecule has 0 saturated carbocycles. The zero-order chi connectivity index (χ0) is 22.7. The minimum Gasteiger partial charge on any atom is -0.461 e. The van der Waals surface area contributed by atoms with Gasteiger partial charge in [-0.3, -0.25) is 4.79 Å². The smallest absolute Gasteiger partial charge is 0.336 e. The molecule has 1 N–H and O–H groups in total. The van der Waals surface area contributed by atoms with Gasteiger partial charge in [0.25, 0.3) is 0 Å². The van der Waals surface area contributed by atoms with E-state index in [4.69, 9.17) is 16.3 Å². The van der Waals surface area contributed by atoms with Crippen molar-refractivity contribution in [1.29, 1.82) is 0 Å². The first-order valence-electron chi connectivity index (χ1n) is 10.8. The molecule has 7 heteroatoms. The van der Waals surface area contributed by atoms with Crippen molar-refractivity contribution in [2.45, 2.75) is 38.5 Å². The predicted molar refractivity (Wildman–Crippen MR) is 132 cm³/mol. The van der Waals surface area contributed by atoms with Crippen molar-refractivity contribution in [3.8, 4) is 0 Å². The molecular weight excluding hydrogens is 462 g/mol. The monoisotopic (exact) mass is 487 g/mol. The number of hydrogen-bond donors (Lipinski definition) is 1. The summed E-state index contributed by atoms with van der Waals surface area (Å²) in [4.78, 5) is 27.6. The predicted octanol–water partition coefficient (Wildman–Crippen LogP) is 6.06. The number of rotatable bonds is 7. The Morgan fingerprint density at radius 1 is 1.25 bits per heavy atom. The number of thiophene rings is 1. The van der Waals surface area contributed by atoms with Crippen LogP contribution < -0.4 is 5.32 Å². The van der Waals surface area contributed by atoms with Crippen molar-refractivity contribution in [2.75, 3.05) is 18.1 Å². The van der Waals surface area contributed by atoms with Crippen molar-refractivity contribution in [3.63, 3.8) is 0 Å². The second kappa shape index (κ2) is 10.3. The number of nitrogens with one attached hydrogen (secondary N) is 1. The van der Waals surface area contributed by atoms with Crippen LogP contribution in [0.15, 0.2) is 64.3 Å². The summed E-state index contributed by atoms with van der Waals surface area (Å²) in [5.74, 6) is 1.07. The Kier molecular flexibility index (Phi) is 7.44. The number of halogens is 1. The Labute approximate surface area is 202 Å². The highest BCUT2D eigenvalue weighted by atomic mass is 35.5. The molecule has 1 aromatic heterocycles. The van der Waals surface area contributed by atoms with E-state index in [1.807, 2.05) is 48.7 Å². The van der Waals surface area contributed by atoms with Crippen molar-refractivity contribution in [1.82, 2.24) is 5.32 Å². The number of ketones is 1. The van der Waals surface area contributed by atoms with E-state index < -0.39 is 5.92 Å². The maximum atomic E-state index is 13.5. The van der Waals surface area contributed by atoms with Crippen molar-refractivity contribution in [3.05, 3.63) is 79.8 Å². The van der Waals surface area contributed by atoms with E-state index in [1.54, 1.807) is 23.1 Å². The van der Waals surface area contributed by atoms with Crippen LogP contribution in [-0.4, -0.2) is 29.9 Å².